The van der Waals surface area contributed by atoms with E-state index < -0.39 is 0 Å². The van der Waals surface area contributed by atoms with Gasteiger partial charge >= 0.3 is 0 Å². The summed E-state index contributed by atoms with van der Waals surface area (Å²) >= 11 is 0. The fourth-order valence-corrected chi connectivity index (χ4v) is 1.38. The van der Waals surface area contributed by atoms with E-state index >= 15 is 0 Å². The first-order chi connectivity index (χ1) is 8.63. The number of benzene rings is 1. The number of ether oxygens (including phenoxy) is 1. The maximum atomic E-state index is 5.75. The summed E-state index contributed by atoms with van der Waals surface area (Å²) in [7, 11) is 3.76. The third-order valence-corrected chi connectivity index (χ3v) is 2.55. The highest BCUT2D eigenvalue weighted by atomic mass is 16.5. The number of nitrogens with two attached hydrogens (primary N) is 1. The molecule has 1 aromatic rings. The highest BCUT2D eigenvalue weighted by Gasteiger charge is 1.98. The maximum absolute atomic E-state index is 5.75. The van der Waals surface area contributed by atoms with E-state index in [9.17, 15) is 0 Å². The molecule has 18 heavy (non-hydrogen) atoms. The molecule has 2 N–H and O–H groups in total. The number of aliphatic imine (C=N–C) groups is 1. The van der Waals surface area contributed by atoms with Crippen LogP contribution in [-0.4, -0.2) is 31.6 Å². The zero-order valence-electron chi connectivity index (χ0n) is 11.5. The maximum Gasteiger partial charge on any atom is 0.191 e. The van der Waals surface area contributed by atoms with Crippen molar-refractivity contribution < 1.29 is 4.74 Å². The molecule has 0 unspecified atom stereocenters. The molecule has 0 saturated carbocycles. The molecule has 0 fully saturated rings. The normalized spacial score (nSPS) is 11.4. The van der Waals surface area contributed by atoms with Gasteiger partial charge in [0.25, 0.3) is 0 Å². The lowest BCUT2D eigenvalue weighted by atomic mass is 10.2. The molecule has 0 aromatic heterocycles. The second kappa shape index (κ2) is 7.58. The standard InChI is InChI=1S/C14H23N3O/c1-4-5-9-18-13-8-6-7-12(10-13)11-16-14(15)17(2)3/h6-8,10H,4-5,9,11H2,1-3H3,(H2,15,16). The molecule has 100 valence electrons. The van der Waals surface area contributed by atoms with Crippen molar-refractivity contribution in [2.24, 2.45) is 10.7 Å². The largest absolute Gasteiger partial charge is 0.494 e. The minimum absolute atomic E-state index is 0.535. The zero-order valence-corrected chi connectivity index (χ0v) is 11.5. The molecule has 4 heteroatoms. The molecule has 0 heterocycles. The Kier molecular flexibility index (Phi) is 6.05. The van der Waals surface area contributed by atoms with Gasteiger partial charge in [-0.2, -0.15) is 0 Å². The smallest absolute Gasteiger partial charge is 0.191 e. The van der Waals surface area contributed by atoms with Gasteiger partial charge in [0.2, 0.25) is 0 Å². The molecular formula is C14H23N3O. The molecule has 0 bridgehead atoms. The lowest BCUT2D eigenvalue weighted by molar-refractivity contribution is 0.309. The Morgan fingerprint density at radius 1 is 1.39 bits per heavy atom. The van der Waals surface area contributed by atoms with Crippen LogP contribution in [0, 0.1) is 0 Å². The van der Waals surface area contributed by atoms with Gasteiger partial charge in [-0.15, -0.1) is 0 Å². The summed E-state index contributed by atoms with van der Waals surface area (Å²) < 4.78 is 5.65. The van der Waals surface area contributed by atoms with Crippen LogP contribution in [0.1, 0.15) is 25.3 Å². The van der Waals surface area contributed by atoms with Crippen molar-refractivity contribution in [3.63, 3.8) is 0 Å². The number of nitrogens with zero attached hydrogens (tertiary/aromatic N) is 2. The van der Waals surface area contributed by atoms with Gasteiger partial charge in [-0.1, -0.05) is 25.5 Å². The molecule has 4 nitrogen and oxygen atoms in total. The Labute approximate surface area is 109 Å². The molecule has 0 radical (unpaired) electrons. The second-order valence-corrected chi connectivity index (χ2v) is 4.42. The van der Waals surface area contributed by atoms with Crippen molar-refractivity contribution in [3.05, 3.63) is 29.8 Å². The molecule has 0 saturated heterocycles. The molecule has 1 rings (SSSR count). The molecular weight excluding hydrogens is 226 g/mol. The van der Waals surface area contributed by atoms with E-state index in [1.54, 1.807) is 4.90 Å². The first-order valence-corrected chi connectivity index (χ1v) is 6.32. The first-order valence-electron chi connectivity index (χ1n) is 6.32. The zero-order chi connectivity index (χ0) is 13.4. The second-order valence-electron chi connectivity index (χ2n) is 4.42. The van der Waals surface area contributed by atoms with Gasteiger partial charge in [0, 0.05) is 14.1 Å². The van der Waals surface area contributed by atoms with Gasteiger partial charge in [-0.05, 0) is 24.1 Å². The third-order valence-electron chi connectivity index (χ3n) is 2.55. The van der Waals surface area contributed by atoms with Gasteiger partial charge < -0.3 is 15.4 Å². The summed E-state index contributed by atoms with van der Waals surface area (Å²) in [5, 5.41) is 0. The lowest BCUT2D eigenvalue weighted by Crippen LogP contribution is -2.30. The fourth-order valence-electron chi connectivity index (χ4n) is 1.38. The quantitative estimate of drug-likeness (QED) is 0.478. The van der Waals surface area contributed by atoms with E-state index in [1.165, 1.54) is 0 Å². The average Bonchev–Trinajstić information content (AvgIpc) is 2.36. The number of rotatable bonds is 6. The van der Waals surface area contributed by atoms with Crippen molar-refractivity contribution >= 4 is 5.96 Å². The summed E-state index contributed by atoms with van der Waals surface area (Å²) in [5.41, 5.74) is 6.85. The van der Waals surface area contributed by atoms with Crippen LogP contribution in [0.15, 0.2) is 29.3 Å². The molecule has 0 amide bonds. The van der Waals surface area contributed by atoms with Crippen LogP contribution >= 0.6 is 0 Å². The highest BCUT2D eigenvalue weighted by Crippen LogP contribution is 2.14. The van der Waals surface area contributed by atoms with Crippen molar-refractivity contribution in [3.8, 4) is 5.75 Å². The summed E-state index contributed by atoms with van der Waals surface area (Å²) in [6.07, 6.45) is 2.22. The highest BCUT2D eigenvalue weighted by molar-refractivity contribution is 5.77. The molecule has 0 aliphatic heterocycles. The number of hydrogen-bond donors (Lipinski definition) is 1. The monoisotopic (exact) mass is 249 g/mol. The van der Waals surface area contributed by atoms with Crippen LogP contribution in [0.25, 0.3) is 0 Å². The van der Waals surface area contributed by atoms with Crippen LogP contribution in [0.5, 0.6) is 5.75 Å². The Bertz CT molecular complexity index is 388. The average molecular weight is 249 g/mol. The van der Waals surface area contributed by atoms with E-state index in [1.807, 2.05) is 38.4 Å². The van der Waals surface area contributed by atoms with Crippen LogP contribution in [0.4, 0.5) is 0 Å². The SMILES string of the molecule is CCCCOc1cccc(CN=C(N)N(C)C)c1. The predicted molar refractivity (Wildman–Crippen MR) is 75.9 cm³/mol. The summed E-state index contributed by atoms with van der Waals surface area (Å²) in [5.74, 6) is 1.44. The number of hydrogen-bond acceptors (Lipinski definition) is 2. The molecule has 0 spiro atoms. The van der Waals surface area contributed by atoms with Crippen molar-refractivity contribution in [1.29, 1.82) is 0 Å². The summed E-state index contributed by atoms with van der Waals surface area (Å²) in [6, 6.07) is 8.00. The molecule has 0 aliphatic carbocycles. The Hall–Kier alpha value is -1.71. The topological polar surface area (TPSA) is 50.9 Å². The number of guanidine groups is 1. The van der Waals surface area contributed by atoms with E-state index in [0.717, 1.165) is 30.8 Å². The van der Waals surface area contributed by atoms with Gasteiger partial charge in [0.15, 0.2) is 5.96 Å². The minimum Gasteiger partial charge on any atom is -0.494 e. The van der Waals surface area contributed by atoms with Crippen LogP contribution in [0.3, 0.4) is 0 Å². The van der Waals surface area contributed by atoms with Crippen molar-refractivity contribution in [2.75, 3.05) is 20.7 Å². The van der Waals surface area contributed by atoms with Gasteiger partial charge in [0.1, 0.15) is 5.75 Å². The van der Waals surface area contributed by atoms with Crippen molar-refractivity contribution in [2.45, 2.75) is 26.3 Å². The van der Waals surface area contributed by atoms with Crippen LogP contribution in [-0.2, 0) is 6.54 Å². The summed E-state index contributed by atoms with van der Waals surface area (Å²) in [4.78, 5) is 6.09. The van der Waals surface area contributed by atoms with Crippen molar-refractivity contribution in [1.82, 2.24) is 4.90 Å². The van der Waals surface area contributed by atoms with Gasteiger partial charge in [-0.25, -0.2) is 4.99 Å². The van der Waals surface area contributed by atoms with Gasteiger partial charge in [-0.3, -0.25) is 0 Å². The fraction of sp³-hybridized carbons (Fsp3) is 0.500. The summed E-state index contributed by atoms with van der Waals surface area (Å²) in [6.45, 7) is 3.50. The Morgan fingerprint density at radius 2 is 2.17 bits per heavy atom. The molecule has 0 aliphatic rings. The van der Waals surface area contributed by atoms with Crippen LogP contribution < -0.4 is 10.5 Å². The van der Waals surface area contributed by atoms with E-state index in [0.29, 0.717) is 12.5 Å². The Balaban J connectivity index is 2.56. The van der Waals surface area contributed by atoms with E-state index in [-0.39, 0.29) is 0 Å². The number of unbranched alkanes of at least 4 members (excludes halogenated alkanes) is 1. The van der Waals surface area contributed by atoms with E-state index in [4.69, 9.17) is 10.5 Å². The lowest BCUT2D eigenvalue weighted by Gasteiger charge is -2.10. The minimum atomic E-state index is 0.535. The van der Waals surface area contributed by atoms with Gasteiger partial charge in [0.05, 0.1) is 13.2 Å². The van der Waals surface area contributed by atoms with Crippen LogP contribution in [0.2, 0.25) is 0 Å². The third kappa shape index (κ3) is 5.08. The Morgan fingerprint density at radius 3 is 2.83 bits per heavy atom. The predicted octanol–water partition coefficient (Wildman–Crippen LogP) is 2.24. The molecule has 0 atom stereocenters. The molecule has 1 aromatic carbocycles. The first kappa shape index (κ1) is 14.4. The van der Waals surface area contributed by atoms with E-state index in [2.05, 4.69) is 11.9 Å².